The molecule has 24 heavy (non-hydrogen) atoms. The van der Waals surface area contributed by atoms with E-state index in [9.17, 15) is 19.2 Å². The lowest BCUT2D eigenvalue weighted by molar-refractivity contribution is -0.133. The standard InChI is InChI=1S/C17H21NO6/c1-9(19)16(10(2)20)17(18-11(3)21)13-6-7-14(24-12(4)22)15(8-13)23-5/h6-8,16-17H,1-5H3,(H,18,21)/t17-/m1/s1. The molecule has 1 aromatic carbocycles. The number of amides is 1. The predicted molar refractivity (Wildman–Crippen MR) is 85.7 cm³/mol. The number of esters is 1. The fourth-order valence-corrected chi connectivity index (χ4v) is 2.45. The van der Waals surface area contributed by atoms with Crippen LogP contribution in [0.25, 0.3) is 0 Å². The van der Waals surface area contributed by atoms with Crippen molar-refractivity contribution in [2.45, 2.75) is 33.7 Å². The smallest absolute Gasteiger partial charge is 0.308 e. The third-order valence-electron chi connectivity index (χ3n) is 3.37. The summed E-state index contributed by atoms with van der Waals surface area (Å²) in [5, 5.41) is 2.63. The van der Waals surface area contributed by atoms with Crippen molar-refractivity contribution in [2.24, 2.45) is 5.92 Å². The zero-order valence-corrected chi connectivity index (χ0v) is 14.3. The summed E-state index contributed by atoms with van der Waals surface area (Å²) in [5.41, 5.74) is 0.494. The Kier molecular flexibility index (Phi) is 6.64. The molecule has 1 aromatic rings. The molecule has 7 nitrogen and oxygen atoms in total. The number of rotatable bonds is 7. The molecule has 0 bridgehead atoms. The lowest BCUT2D eigenvalue weighted by atomic mass is 9.87. The van der Waals surface area contributed by atoms with Crippen molar-refractivity contribution in [3.05, 3.63) is 23.8 Å². The van der Waals surface area contributed by atoms with Gasteiger partial charge in [0.25, 0.3) is 0 Å². The number of hydrogen-bond donors (Lipinski definition) is 1. The monoisotopic (exact) mass is 335 g/mol. The molecule has 0 aliphatic heterocycles. The molecule has 0 aliphatic carbocycles. The topological polar surface area (TPSA) is 98.8 Å². The molecule has 0 aliphatic rings. The molecule has 1 rings (SSSR count). The molecule has 0 saturated carbocycles. The molecule has 1 amide bonds. The van der Waals surface area contributed by atoms with E-state index in [1.807, 2.05) is 0 Å². The summed E-state index contributed by atoms with van der Waals surface area (Å²) in [6, 6.07) is 3.75. The van der Waals surface area contributed by atoms with Crippen molar-refractivity contribution in [2.75, 3.05) is 7.11 Å². The Bertz CT molecular complexity index is 653. The zero-order chi connectivity index (χ0) is 18.4. The van der Waals surface area contributed by atoms with Crippen LogP contribution >= 0.6 is 0 Å². The fraction of sp³-hybridized carbons (Fsp3) is 0.412. The van der Waals surface area contributed by atoms with Crippen molar-refractivity contribution in [3.63, 3.8) is 0 Å². The first-order valence-electron chi connectivity index (χ1n) is 7.31. The predicted octanol–water partition coefficient (Wildman–Crippen LogP) is 1.59. The van der Waals surface area contributed by atoms with E-state index in [1.165, 1.54) is 46.9 Å². The van der Waals surface area contributed by atoms with E-state index in [4.69, 9.17) is 9.47 Å². The summed E-state index contributed by atoms with van der Waals surface area (Å²) >= 11 is 0. The minimum absolute atomic E-state index is 0.206. The van der Waals surface area contributed by atoms with Crippen LogP contribution in [0.2, 0.25) is 0 Å². The lowest BCUT2D eigenvalue weighted by Gasteiger charge is -2.25. The largest absolute Gasteiger partial charge is 0.493 e. The quantitative estimate of drug-likeness (QED) is 0.461. The molecule has 7 heteroatoms. The van der Waals surface area contributed by atoms with Gasteiger partial charge in [-0.1, -0.05) is 6.07 Å². The van der Waals surface area contributed by atoms with Gasteiger partial charge in [0.15, 0.2) is 11.5 Å². The van der Waals surface area contributed by atoms with Crippen LogP contribution in [0.1, 0.15) is 39.3 Å². The van der Waals surface area contributed by atoms with Crippen molar-refractivity contribution in [1.29, 1.82) is 0 Å². The van der Waals surface area contributed by atoms with Gasteiger partial charge in [0.1, 0.15) is 17.5 Å². The maximum absolute atomic E-state index is 11.9. The molecule has 0 radical (unpaired) electrons. The van der Waals surface area contributed by atoms with Crippen molar-refractivity contribution < 1.29 is 28.7 Å². The van der Waals surface area contributed by atoms with Crippen LogP contribution in [0, 0.1) is 5.92 Å². The zero-order valence-electron chi connectivity index (χ0n) is 14.3. The number of Topliss-reactive ketones (excluding diaryl/α,β-unsaturated/α-hetero) is 2. The highest BCUT2D eigenvalue weighted by molar-refractivity contribution is 6.01. The van der Waals surface area contributed by atoms with Gasteiger partial charge in [-0.15, -0.1) is 0 Å². The second kappa shape index (κ2) is 8.24. The van der Waals surface area contributed by atoms with E-state index in [2.05, 4.69) is 5.32 Å². The Hall–Kier alpha value is -2.70. The number of benzene rings is 1. The second-order valence-corrected chi connectivity index (χ2v) is 5.38. The van der Waals surface area contributed by atoms with Gasteiger partial charge in [0.05, 0.1) is 13.2 Å². The Labute approximate surface area is 140 Å². The van der Waals surface area contributed by atoms with Crippen molar-refractivity contribution in [3.8, 4) is 11.5 Å². The highest BCUT2D eigenvalue weighted by Crippen LogP contribution is 2.33. The first-order chi connectivity index (χ1) is 11.2. The first-order valence-corrected chi connectivity index (χ1v) is 7.31. The molecule has 0 saturated heterocycles. The fourth-order valence-electron chi connectivity index (χ4n) is 2.45. The molecular weight excluding hydrogens is 314 g/mol. The summed E-state index contributed by atoms with van der Waals surface area (Å²) in [7, 11) is 1.40. The number of carbonyl (C=O) groups excluding carboxylic acids is 4. The summed E-state index contributed by atoms with van der Waals surface area (Å²) in [5.74, 6) is -2.16. The summed E-state index contributed by atoms with van der Waals surface area (Å²) in [4.78, 5) is 46.4. The van der Waals surface area contributed by atoms with Crippen LogP contribution in [-0.2, 0) is 19.2 Å². The van der Waals surface area contributed by atoms with Gasteiger partial charge in [-0.05, 0) is 31.5 Å². The number of ether oxygens (including phenoxy) is 2. The van der Waals surface area contributed by atoms with Crippen LogP contribution in [0.4, 0.5) is 0 Å². The summed E-state index contributed by atoms with van der Waals surface area (Å²) in [6.07, 6.45) is 0. The Balaban J connectivity index is 3.37. The van der Waals surface area contributed by atoms with E-state index in [0.717, 1.165) is 0 Å². The van der Waals surface area contributed by atoms with Gasteiger partial charge in [-0.2, -0.15) is 0 Å². The van der Waals surface area contributed by atoms with Gasteiger partial charge < -0.3 is 14.8 Å². The number of carbonyl (C=O) groups is 4. The lowest BCUT2D eigenvalue weighted by Crippen LogP contribution is -2.38. The van der Waals surface area contributed by atoms with Gasteiger partial charge >= 0.3 is 5.97 Å². The SMILES string of the molecule is COc1cc([C@@H](NC(C)=O)C(C(C)=O)C(C)=O)ccc1OC(C)=O. The van der Waals surface area contributed by atoms with Gasteiger partial charge in [-0.25, -0.2) is 0 Å². The molecular formula is C17H21NO6. The molecule has 1 N–H and O–H groups in total. The van der Waals surface area contributed by atoms with Crippen molar-refractivity contribution >= 4 is 23.4 Å². The normalized spacial score (nSPS) is 11.6. The van der Waals surface area contributed by atoms with Gasteiger partial charge in [0.2, 0.25) is 5.91 Å². The van der Waals surface area contributed by atoms with Crippen LogP contribution < -0.4 is 14.8 Å². The first kappa shape index (κ1) is 19.3. The molecule has 130 valence electrons. The highest BCUT2D eigenvalue weighted by atomic mass is 16.6. The van der Waals surface area contributed by atoms with Crippen LogP contribution in [0.3, 0.4) is 0 Å². The summed E-state index contributed by atoms with van der Waals surface area (Å²) in [6.45, 7) is 5.15. The number of methoxy groups -OCH3 is 1. The van der Waals surface area contributed by atoms with E-state index < -0.39 is 17.9 Å². The maximum Gasteiger partial charge on any atom is 0.308 e. The molecule has 0 unspecified atom stereocenters. The average molecular weight is 335 g/mol. The van der Waals surface area contributed by atoms with E-state index in [-0.39, 0.29) is 29.0 Å². The van der Waals surface area contributed by atoms with E-state index in [1.54, 1.807) is 6.07 Å². The highest BCUT2D eigenvalue weighted by Gasteiger charge is 2.32. The molecule has 0 aromatic heterocycles. The number of ketones is 2. The van der Waals surface area contributed by atoms with Crippen LogP contribution in [0.15, 0.2) is 18.2 Å². The van der Waals surface area contributed by atoms with Crippen molar-refractivity contribution in [1.82, 2.24) is 5.32 Å². The van der Waals surface area contributed by atoms with E-state index in [0.29, 0.717) is 5.56 Å². The Morgan fingerprint density at radius 1 is 0.958 bits per heavy atom. The molecule has 0 spiro atoms. The number of nitrogens with one attached hydrogen (secondary N) is 1. The van der Waals surface area contributed by atoms with E-state index >= 15 is 0 Å². The minimum Gasteiger partial charge on any atom is -0.493 e. The molecule has 1 atom stereocenters. The van der Waals surface area contributed by atoms with Crippen LogP contribution in [0.5, 0.6) is 11.5 Å². The Morgan fingerprint density at radius 3 is 1.96 bits per heavy atom. The Morgan fingerprint density at radius 2 is 1.54 bits per heavy atom. The maximum atomic E-state index is 11.9. The summed E-state index contributed by atoms with van der Waals surface area (Å²) < 4.78 is 10.2. The van der Waals surface area contributed by atoms with Crippen LogP contribution in [-0.4, -0.2) is 30.6 Å². The molecule has 0 fully saturated rings. The second-order valence-electron chi connectivity index (χ2n) is 5.38. The average Bonchev–Trinajstić information content (AvgIpc) is 2.45. The number of hydrogen-bond acceptors (Lipinski definition) is 6. The third kappa shape index (κ3) is 4.91. The molecule has 0 heterocycles. The van der Waals surface area contributed by atoms with Gasteiger partial charge in [-0.3, -0.25) is 19.2 Å². The van der Waals surface area contributed by atoms with Gasteiger partial charge in [0, 0.05) is 13.8 Å². The minimum atomic E-state index is -1.02. The third-order valence-corrected chi connectivity index (χ3v) is 3.37.